The van der Waals surface area contributed by atoms with Crippen molar-refractivity contribution in [1.82, 2.24) is 3.97 Å². The van der Waals surface area contributed by atoms with Gasteiger partial charge in [-0.05, 0) is 17.7 Å². The minimum Gasteiger partial charge on any atom is -0.286 e. The van der Waals surface area contributed by atoms with Crippen LogP contribution in [-0.2, 0) is 14.8 Å². The molecule has 0 radical (unpaired) electrons. The number of nitrogens with zero attached hydrogens (tertiary/aromatic N) is 3. The predicted octanol–water partition coefficient (Wildman–Crippen LogP) is 2.97. The van der Waals surface area contributed by atoms with Gasteiger partial charge in [0.25, 0.3) is 15.7 Å². The molecule has 0 spiro atoms. The number of benzene rings is 2. The van der Waals surface area contributed by atoms with E-state index in [1.54, 1.807) is 36.4 Å². The predicted molar refractivity (Wildman–Crippen MR) is 108 cm³/mol. The maximum atomic E-state index is 13.3. The summed E-state index contributed by atoms with van der Waals surface area (Å²) in [5.74, 6) is -1.85. The molecule has 1 aliphatic carbocycles. The van der Waals surface area contributed by atoms with Gasteiger partial charge in [-0.1, -0.05) is 30.3 Å². The lowest BCUT2D eigenvalue weighted by atomic mass is 9.91. The number of nitriles is 1. The highest BCUT2D eigenvalue weighted by Gasteiger charge is 2.36. The molecular weight excluding hydrogens is 422 g/mol. The number of rotatable bonds is 4. The average molecular weight is 433 g/mol. The molecule has 0 fully saturated rings. The van der Waals surface area contributed by atoms with Gasteiger partial charge in [-0.25, -0.2) is 12.4 Å². The van der Waals surface area contributed by atoms with Crippen molar-refractivity contribution in [2.75, 3.05) is 0 Å². The fraction of sp³-hybridized carbons (Fsp3) is 0. The van der Waals surface area contributed by atoms with Crippen molar-refractivity contribution in [2.24, 2.45) is 0 Å². The normalized spacial score (nSPS) is 13.3. The summed E-state index contributed by atoms with van der Waals surface area (Å²) in [4.78, 5) is 34.7. The van der Waals surface area contributed by atoms with Gasteiger partial charge in [0, 0.05) is 30.0 Å². The first-order valence-corrected chi connectivity index (χ1v) is 10.2. The van der Waals surface area contributed by atoms with Crippen molar-refractivity contribution in [3.63, 3.8) is 0 Å². The zero-order valence-corrected chi connectivity index (χ0v) is 16.4. The second kappa shape index (κ2) is 7.16. The Balaban J connectivity index is 2.02. The summed E-state index contributed by atoms with van der Waals surface area (Å²) in [6.07, 6.45) is 1.99. The standard InChI is InChI=1S/C21H11N3O6S/c22-11-14-10-18(25)21(26)19-17(13-4-2-1-3-5-13)12-23(20(14)19)31(29,30)16-8-6-15(7-9-16)24(27)28/h1-10,12H. The molecular formula is C21H11N3O6S. The minimum atomic E-state index is -4.36. The number of ketones is 2. The van der Waals surface area contributed by atoms with E-state index < -0.39 is 26.5 Å². The highest BCUT2D eigenvalue weighted by molar-refractivity contribution is 7.90. The number of nitro benzene ring substituents is 1. The number of aromatic nitrogens is 1. The molecule has 10 heteroatoms. The maximum absolute atomic E-state index is 13.3. The molecule has 9 nitrogen and oxygen atoms in total. The van der Waals surface area contributed by atoms with E-state index in [9.17, 15) is 33.4 Å². The molecule has 1 heterocycles. The third kappa shape index (κ3) is 3.13. The van der Waals surface area contributed by atoms with E-state index in [2.05, 4.69) is 0 Å². The monoisotopic (exact) mass is 433 g/mol. The summed E-state index contributed by atoms with van der Waals surface area (Å²) >= 11 is 0. The van der Waals surface area contributed by atoms with Crippen molar-refractivity contribution >= 4 is 32.9 Å². The van der Waals surface area contributed by atoms with Crippen LogP contribution in [0, 0.1) is 21.4 Å². The molecule has 2 aromatic carbocycles. The van der Waals surface area contributed by atoms with Crippen LogP contribution in [0.1, 0.15) is 16.1 Å². The Bertz CT molecular complexity index is 1440. The molecule has 0 atom stereocenters. The van der Waals surface area contributed by atoms with Crippen LogP contribution in [0.2, 0.25) is 0 Å². The van der Waals surface area contributed by atoms with Gasteiger partial charge in [0.2, 0.25) is 11.6 Å². The van der Waals surface area contributed by atoms with E-state index in [1.807, 2.05) is 0 Å². The van der Waals surface area contributed by atoms with Gasteiger partial charge in [0.15, 0.2) is 0 Å². The van der Waals surface area contributed by atoms with Crippen LogP contribution < -0.4 is 0 Å². The van der Waals surface area contributed by atoms with Crippen LogP contribution in [-0.4, -0.2) is 28.9 Å². The Morgan fingerprint density at radius 1 is 1.00 bits per heavy atom. The third-order valence-electron chi connectivity index (χ3n) is 4.76. The van der Waals surface area contributed by atoms with Gasteiger partial charge >= 0.3 is 0 Å². The molecule has 3 aromatic rings. The third-order valence-corrected chi connectivity index (χ3v) is 6.44. The largest absolute Gasteiger partial charge is 0.286 e. The maximum Gasteiger partial charge on any atom is 0.269 e. The molecule has 152 valence electrons. The number of Topliss-reactive ketones (excluding diaryl/α,β-unsaturated/α-hetero) is 1. The van der Waals surface area contributed by atoms with Gasteiger partial charge in [0.05, 0.1) is 26.6 Å². The van der Waals surface area contributed by atoms with Crippen molar-refractivity contribution in [2.45, 2.75) is 4.90 Å². The van der Waals surface area contributed by atoms with E-state index in [4.69, 9.17) is 0 Å². The molecule has 0 saturated carbocycles. The quantitative estimate of drug-likeness (QED) is 0.350. The fourth-order valence-corrected chi connectivity index (χ4v) is 4.70. The molecule has 0 N–H and O–H groups in total. The van der Waals surface area contributed by atoms with Crippen LogP contribution in [0.5, 0.6) is 0 Å². The smallest absolute Gasteiger partial charge is 0.269 e. The summed E-state index contributed by atoms with van der Waals surface area (Å²) in [6.45, 7) is 0. The second-order valence-electron chi connectivity index (χ2n) is 6.55. The number of hydrogen-bond donors (Lipinski definition) is 0. The van der Waals surface area contributed by atoms with Crippen LogP contribution in [0.4, 0.5) is 5.69 Å². The Hall–Kier alpha value is -4.36. The average Bonchev–Trinajstić information content (AvgIpc) is 3.19. The number of carbonyl (C=O) groups excluding carboxylic acids is 2. The first-order valence-electron chi connectivity index (χ1n) is 8.77. The van der Waals surface area contributed by atoms with E-state index in [1.165, 1.54) is 6.20 Å². The van der Waals surface area contributed by atoms with Crippen LogP contribution in [0.15, 0.2) is 71.8 Å². The summed E-state index contributed by atoms with van der Waals surface area (Å²) in [5, 5.41) is 20.4. The van der Waals surface area contributed by atoms with E-state index in [0.717, 1.165) is 34.3 Å². The Morgan fingerprint density at radius 2 is 1.65 bits per heavy atom. The van der Waals surface area contributed by atoms with Crippen molar-refractivity contribution < 1.29 is 22.9 Å². The molecule has 1 aromatic heterocycles. The molecule has 0 aliphatic heterocycles. The number of carbonyl (C=O) groups is 2. The summed E-state index contributed by atoms with van der Waals surface area (Å²) in [5.41, 5.74) is -0.300. The lowest BCUT2D eigenvalue weighted by molar-refractivity contribution is -0.384. The van der Waals surface area contributed by atoms with Crippen molar-refractivity contribution in [1.29, 1.82) is 5.26 Å². The lowest BCUT2D eigenvalue weighted by Gasteiger charge is -2.13. The molecule has 0 bridgehead atoms. The molecule has 0 amide bonds. The topological polar surface area (TPSA) is 140 Å². The first kappa shape index (κ1) is 19.9. The zero-order valence-electron chi connectivity index (χ0n) is 15.6. The molecule has 4 rings (SSSR count). The van der Waals surface area contributed by atoms with Crippen molar-refractivity contribution in [3.05, 3.63) is 88.2 Å². The molecule has 1 aliphatic rings. The van der Waals surface area contributed by atoms with Gasteiger partial charge in [0.1, 0.15) is 6.07 Å². The first-order chi connectivity index (χ1) is 14.8. The highest BCUT2D eigenvalue weighted by atomic mass is 32.2. The highest BCUT2D eigenvalue weighted by Crippen LogP contribution is 2.37. The van der Waals surface area contributed by atoms with Crippen LogP contribution in [0.3, 0.4) is 0 Å². The van der Waals surface area contributed by atoms with Crippen molar-refractivity contribution in [3.8, 4) is 17.2 Å². The summed E-state index contributed by atoms with van der Waals surface area (Å²) in [6, 6.07) is 14.4. The SMILES string of the molecule is N#CC1=CC(=O)C(=O)c2c(-c3ccccc3)cn(S(=O)(=O)c3ccc([N+](=O)[O-])cc3)c21. The Labute approximate surface area is 175 Å². The zero-order chi connectivity index (χ0) is 22.3. The van der Waals surface area contributed by atoms with Gasteiger partial charge in [-0.15, -0.1) is 0 Å². The fourth-order valence-electron chi connectivity index (χ4n) is 3.32. The number of fused-ring (bicyclic) bond motifs is 1. The van der Waals surface area contributed by atoms with Gasteiger partial charge in [-0.2, -0.15) is 5.26 Å². The van der Waals surface area contributed by atoms with E-state index >= 15 is 0 Å². The minimum absolute atomic E-state index is 0.180. The van der Waals surface area contributed by atoms with E-state index in [-0.39, 0.29) is 33.0 Å². The van der Waals surface area contributed by atoms with Gasteiger partial charge in [-0.3, -0.25) is 19.7 Å². The van der Waals surface area contributed by atoms with Gasteiger partial charge < -0.3 is 0 Å². The Kier molecular flexibility index (Phi) is 4.60. The Morgan fingerprint density at radius 3 is 2.23 bits per heavy atom. The number of non-ortho nitro benzene ring substituents is 1. The second-order valence-corrected chi connectivity index (χ2v) is 8.36. The van der Waals surface area contributed by atoms with Crippen LogP contribution in [0.25, 0.3) is 16.7 Å². The molecule has 0 saturated heterocycles. The summed E-state index contributed by atoms with van der Waals surface area (Å²) < 4.78 is 27.5. The molecule has 31 heavy (non-hydrogen) atoms. The lowest BCUT2D eigenvalue weighted by Crippen LogP contribution is -2.22. The van der Waals surface area contributed by atoms with Crippen LogP contribution >= 0.6 is 0 Å². The number of allylic oxidation sites excluding steroid dienone is 2. The number of nitro groups is 1. The number of hydrogen-bond acceptors (Lipinski definition) is 7. The molecule has 0 unspecified atom stereocenters. The summed E-state index contributed by atoms with van der Waals surface area (Å²) in [7, 11) is -4.36. The van der Waals surface area contributed by atoms with E-state index in [0.29, 0.717) is 5.56 Å².